The van der Waals surface area contributed by atoms with Crippen LogP contribution >= 0.6 is 0 Å². The number of amides is 1. The lowest BCUT2D eigenvalue weighted by atomic mass is 10.2. The summed E-state index contributed by atoms with van der Waals surface area (Å²) in [5.41, 5.74) is 0.687. The third-order valence-corrected chi connectivity index (χ3v) is 3.87. The zero-order valence-corrected chi connectivity index (χ0v) is 12.4. The summed E-state index contributed by atoms with van der Waals surface area (Å²) in [5, 5.41) is 0. The fourth-order valence-electron chi connectivity index (χ4n) is 2.74. The number of piperazine rings is 1. The highest BCUT2D eigenvalue weighted by Crippen LogP contribution is 2.18. The Balaban J connectivity index is 1.66. The first-order valence-corrected chi connectivity index (χ1v) is 7.23. The fraction of sp³-hybridized carbons (Fsp3) is 0.375. The summed E-state index contributed by atoms with van der Waals surface area (Å²) in [6.07, 6.45) is 1.92. The van der Waals surface area contributed by atoms with Gasteiger partial charge in [-0.05, 0) is 26.0 Å². The highest BCUT2D eigenvalue weighted by atomic mass is 16.3. The number of carbonyl (C=O) groups excluding carboxylic acids is 1. The van der Waals surface area contributed by atoms with Crippen molar-refractivity contribution in [3.63, 3.8) is 0 Å². The second kappa shape index (κ2) is 5.60. The number of H-pyrrole nitrogens is 1. The minimum Gasteiger partial charge on any atom is -0.466 e. The molecule has 0 radical (unpaired) electrons. The largest absolute Gasteiger partial charge is 0.466 e. The van der Waals surface area contributed by atoms with Crippen LogP contribution in [0.25, 0.3) is 0 Å². The van der Waals surface area contributed by atoms with Crippen molar-refractivity contribution in [2.24, 2.45) is 0 Å². The number of rotatable bonds is 2. The van der Waals surface area contributed by atoms with E-state index in [1.165, 1.54) is 0 Å². The molecule has 0 atom stereocenters. The van der Waals surface area contributed by atoms with Gasteiger partial charge in [-0.25, -0.2) is 4.98 Å². The highest BCUT2D eigenvalue weighted by Gasteiger charge is 2.28. The van der Waals surface area contributed by atoms with Crippen molar-refractivity contribution in [2.45, 2.75) is 13.8 Å². The summed E-state index contributed by atoms with van der Waals surface area (Å²) >= 11 is 0. The molecule has 110 valence electrons. The summed E-state index contributed by atoms with van der Waals surface area (Å²) < 4.78 is 5.45. The molecule has 0 saturated carbocycles. The molecule has 1 aliphatic heterocycles. The van der Waals surface area contributed by atoms with Gasteiger partial charge < -0.3 is 9.32 Å². The third-order valence-electron chi connectivity index (χ3n) is 3.87. The van der Waals surface area contributed by atoms with E-state index in [0.29, 0.717) is 11.3 Å². The van der Waals surface area contributed by atoms with Crippen LogP contribution < -0.4 is 9.88 Å². The molecular weight excluding hydrogens is 266 g/mol. The van der Waals surface area contributed by atoms with Gasteiger partial charge in [-0.1, -0.05) is 6.07 Å². The van der Waals surface area contributed by atoms with Gasteiger partial charge in [0.1, 0.15) is 24.6 Å². The first-order chi connectivity index (χ1) is 10.1. The average molecular weight is 286 g/mol. The second-order valence-corrected chi connectivity index (χ2v) is 5.35. The number of anilines is 1. The van der Waals surface area contributed by atoms with Crippen LogP contribution in [-0.4, -0.2) is 37.0 Å². The van der Waals surface area contributed by atoms with E-state index in [4.69, 9.17) is 4.42 Å². The van der Waals surface area contributed by atoms with E-state index in [1.54, 1.807) is 0 Å². The van der Waals surface area contributed by atoms with Crippen molar-refractivity contribution in [1.29, 1.82) is 0 Å². The van der Waals surface area contributed by atoms with E-state index < -0.39 is 0 Å². The predicted molar refractivity (Wildman–Crippen MR) is 79.3 cm³/mol. The first kappa shape index (κ1) is 13.7. The summed E-state index contributed by atoms with van der Waals surface area (Å²) in [7, 11) is 0. The van der Waals surface area contributed by atoms with E-state index in [-0.39, 0.29) is 5.91 Å². The van der Waals surface area contributed by atoms with E-state index >= 15 is 0 Å². The number of carbonyl (C=O) groups is 1. The number of aryl methyl sites for hydroxylation is 2. The number of aromatic amines is 1. The molecule has 0 aliphatic carbocycles. The van der Waals surface area contributed by atoms with Crippen molar-refractivity contribution in [3.05, 3.63) is 47.5 Å². The Morgan fingerprint density at radius 1 is 1.19 bits per heavy atom. The summed E-state index contributed by atoms with van der Waals surface area (Å²) in [5.74, 6) is 2.66. The molecule has 0 spiro atoms. The standard InChI is InChI=1S/C16H19N3O2/c1-12-11-14(13(2)21-12)16(20)19-9-7-18(8-10-19)15-5-3-4-6-17-15/h3-6,11H,7-10H2,1-2H3/p+1. The van der Waals surface area contributed by atoms with Crippen molar-refractivity contribution < 1.29 is 14.2 Å². The van der Waals surface area contributed by atoms with Crippen molar-refractivity contribution in [1.82, 2.24) is 4.90 Å². The van der Waals surface area contributed by atoms with Crippen LogP contribution in [0.15, 0.2) is 34.9 Å². The molecule has 0 unspecified atom stereocenters. The number of nitrogens with zero attached hydrogens (tertiary/aromatic N) is 2. The quantitative estimate of drug-likeness (QED) is 0.844. The van der Waals surface area contributed by atoms with Crippen LogP contribution in [0, 0.1) is 13.8 Å². The second-order valence-electron chi connectivity index (χ2n) is 5.35. The van der Waals surface area contributed by atoms with Gasteiger partial charge in [0.2, 0.25) is 0 Å². The van der Waals surface area contributed by atoms with Crippen LogP contribution in [0.1, 0.15) is 21.9 Å². The van der Waals surface area contributed by atoms with Gasteiger partial charge in [-0.3, -0.25) is 9.69 Å². The molecule has 1 N–H and O–H groups in total. The Bertz CT molecular complexity index is 628. The lowest BCUT2D eigenvalue weighted by molar-refractivity contribution is -0.364. The SMILES string of the molecule is Cc1cc(C(=O)N2CCN(c3cccc[nH+]3)CC2)c(C)o1. The number of nitrogens with one attached hydrogen (secondary N) is 1. The molecule has 1 aliphatic rings. The lowest BCUT2D eigenvalue weighted by Crippen LogP contribution is -2.50. The molecule has 0 aromatic carbocycles. The Morgan fingerprint density at radius 3 is 2.52 bits per heavy atom. The van der Waals surface area contributed by atoms with Gasteiger partial charge in [0.15, 0.2) is 0 Å². The van der Waals surface area contributed by atoms with E-state index in [1.807, 2.05) is 43.1 Å². The van der Waals surface area contributed by atoms with Gasteiger partial charge in [-0.2, -0.15) is 0 Å². The smallest absolute Gasteiger partial charge is 0.274 e. The maximum atomic E-state index is 12.5. The maximum Gasteiger partial charge on any atom is 0.274 e. The van der Waals surface area contributed by atoms with Crippen molar-refractivity contribution in [2.75, 3.05) is 31.1 Å². The Kier molecular flexibility index (Phi) is 3.64. The minimum absolute atomic E-state index is 0.0704. The number of furan rings is 1. The molecule has 1 amide bonds. The topological polar surface area (TPSA) is 50.8 Å². The summed E-state index contributed by atoms with van der Waals surface area (Å²) in [4.78, 5) is 19.9. The number of hydrogen-bond donors (Lipinski definition) is 0. The molecule has 1 saturated heterocycles. The fourth-order valence-corrected chi connectivity index (χ4v) is 2.74. The van der Waals surface area contributed by atoms with E-state index in [2.05, 4.69) is 16.0 Å². The first-order valence-electron chi connectivity index (χ1n) is 7.23. The Morgan fingerprint density at radius 2 is 1.95 bits per heavy atom. The zero-order valence-electron chi connectivity index (χ0n) is 12.4. The average Bonchev–Trinajstić information content (AvgIpc) is 2.86. The van der Waals surface area contributed by atoms with Crippen LogP contribution in [-0.2, 0) is 0 Å². The molecule has 1 fully saturated rings. The van der Waals surface area contributed by atoms with Crippen LogP contribution in [0.4, 0.5) is 5.82 Å². The molecular formula is C16H20N3O2+. The molecule has 21 heavy (non-hydrogen) atoms. The molecule has 5 nitrogen and oxygen atoms in total. The van der Waals surface area contributed by atoms with Gasteiger partial charge in [0.25, 0.3) is 11.7 Å². The number of hydrogen-bond acceptors (Lipinski definition) is 3. The zero-order chi connectivity index (χ0) is 14.8. The number of pyridine rings is 1. The van der Waals surface area contributed by atoms with E-state index in [0.717, 1.165) is 37.8 Å². The van der Waals surface area contributed by atoms with Crippen LogP contribution in [0.2, 0.25) is 0 Å². The van der Waals surface area contributed by atoms with Crippen molar-refractivity contribution in [3.8, 4) is 0 Å². The summed E-state index contributed by atoms with van der Waals surface area (Å²) in [6.45, 7) is 6.84. The predicted octanol–water partition coefficient (Wildman–Crippen LogP) is 1.67. The van der Waals surface area contributed by atoms with Gasteiger partial charge >= 0.3 is 0 Å². The molecule has 3 heterocycles. The van der Waals surface area contributed by atoms with E-state index in [9.17, 15) is 4.79 Å². The normalized spacial score (nSPS) is 15.3. The highest BCUT2D eigenvalue weighted by molar-refractivity contribution is 5.95. The lowest BCUT2D eigenvalue weighted by Gasteiger charge is -2.30. The summed E-state index contributed by atoms with van der Waals surface area (Å²) in [6, 6.07) is 7.87. The number of aromatic nitrogens is 1. The molecule has 5 heteroatoms. The molecule has 2 aromatic heterocycles. The molecule has 0 bridgehead atoms. The molecule has 3 rings (SSSR count). The third kappa shape index (κ3) is 2.77. The van der Waals surface area contributed by atoms with Crippen molar-refractivity contribution >= 4 is 11.7 Å². The maximum absolute atomic E-state index is 12.5. The van der Waals surface area contributed by atoms with Gasteiger partial charge in [0.05, 0.1) is 24.8 Å². The Labute approximate surface area is 124 Å². The van der Waals surface area contributed by atoms with Gasteiger partial charge in [-0.15, -0.1) is 0 Å². The molecule has 2 aromatic rings. The monoisotopic (exact) mass is 286 g/mol. The van der Waals surface area contributed by atoms with Crippen LogP contribution in [0.3, 0.4) is 0 Å². The van der Waals surface area contributed by atoms with Crippen LogP contribution in [0.5, 0.6) is 0 Å². The minimum atomic E-state index is 0.0704. The van der Waals surface area contributed by atoms with Gasteiger partial charge in [0, 0.05) is 6.07 Å². The Hall–Kier alpha value is -2.30.